The third-order valence-electron chi connectivity index (χ3n) is 0.188. The van der Waals surface area contributed by atoms with Gasteiger partial charge in [-0.2, -0.15) is 0 Å². The molecule has 0 heterocycles. The Morgan fingerprint density at radius 2 is 2.00 bits per heavy atom. The molecule has 0 saturated heterocycles. The van der Waals surface area contributed by atoms with Gasteiger partial charge in [-0.25, -0.2) is 4.39 Å². The van der Waals surface area contributed by atoms with Crippen LogP contribution in [-0.2, 0) is 4.79 Å². The molecule has 0 aliphatic carbocycles. The van der Waals surface area contributed by atoms with Crippen LogP contribution in [0.15, 0.2) is 0 Å². The third-order valence-corrected chi connectivity index (χ3v) is 0.188. The number of halogens is 1. The predicted octanol–water partition coefficient (Wildman–Crippen LogP) is 0.545. The molecule has 0 atom stereocenters. The fraction of sp³-hybridized carbons (Fsp3) is 0.667. The number of rotatable bonds is 1. The molecule has 1 nitrogen and oxygen atoms in total. The van der Waals surface area contributed by atoms with E-state index in [1.807, 2.05) is 0 Å². The summed E-state index contributed by atoms with van der Waals surface area (Å²) in [5, 5.41) is 0. The van der Waals surface area contributed by atoms with Crippen LogP contribution in [0.2, 0.25) is 0 Å². The van der Waals surface area contributed by atoms with Gasteiger partial charge in [-0.1, -0.05) is 0 Å². The monoisotopic (exact) mass is 242 g/mol. The van der Waals surface area contributed by atoms with Crippen molar-refractivity contribution >= 4 is 5.78 Å². The molecule has 0 fully saturated rings. The Labute approximate surface area is 65.5 Å². The Hall–Kier alpha value is 0.847. The van der Waals surface area contributed by atoms with Gasteiger partial charge in [-0.15, -0.1) is 0 Å². The van der Waals surface area contributed by atoms with Gasteiger partial charge in [0.15, 0.2) is 5.78 Å². The first-order chi connectivity index (χ1) is 2.27. The molecule has 0 aromatic carbocycles. The number of hydrogen-bond donors (Lipinski definition) is 0. The van der Waals surface area contributed by atoms with Crippen LogP contribution in [0.25, 0.3) is 0 Å². The Balaban J connectivity index is 0. The number of Topliss-reactive ketones (excluding diaryl/α,β-unsaturated/α-hetero) is 1. The van der Waals surface area contributed by atoms with Crippen molar-refractivity contribution in [1.82, 2.24) is 0 Å². The zero-order chi connectivity index (χ0) is 4.28. The van der Waals surface area contributed by atoms with Gasteiger partial charge in [0.05, 0.1) is 0 Å². The van der Waals surface area contributed by atoms with E-state index >= 15 is 0 Å². The minimum Gasteiger partial charge on any atom is -0.297 e. The van der Waals surface area contributed by atoms with Crippen molar-refractivity contribution in [3.05, 3.63) is 0 Å². The maximum absolute atomic E-state index is 10.8. The first kappa shape index (κ1) is 9.96. The van der Waals surface area contributed by atoms with E-state index in [9.17, 15) is 9.18 Å². The summed E-state index contributed by atoms with van der Waals surface area (Å²) in [6.07, 6.45) is 0. The van der Waals surface area contributed by atoms with Crippen LogP contribution in [0, 0.1) is 37.3 Å². The van der Waals surface area contributed by atoms with Crippen LogP contribution in [0.3, 0.4) is 0 Å². The molecule has 0 radical (unpaired) electrons. The predicted molar refractivity (Wildman–Crippen MR) is 16.7 cm³/mol. The van der Waals surface area contributed by atoms with Gasteiger partial charge in [0.1, 0.15) is 6.67 Å². The van der Waals surface area contributed by atoms with Crippen molar-refractivity contribution in [2.24, 2.45) is 0 Å². The van der Waals surface area contributed by atoms with Crippen molar-refractivity contribution in [2.45, 2.75) is 6.92 Å². The summed E-state index contributed by atoms with van der Waals surface area (Å²) >= 11 is 0. The average molecular weight is 243 g/mol. The minimum absolute atomic E-state index is 0. The van der Waals surface area contributed by atoms with Crippen LogP contribution in [-0.4, -0.2) is 12.5 Å². The fourth-order valence-electron chi connectivity index (χ4n) is 0. The second-order valence-electron chi connectivity index (χ2n) is 0.836. The summed E-state index contributed by atoms with van der Waals surface area (Å²) in [6.45, 7) is 0.375. The maximum Gasteiger partial charge on any atom is 0.160 e. The SMILES string of the molecule is CC(=O)CF.[Er]. The zero-order valence-corrected chi connectivity index (χ0v) is 5.13. The normalized spacial score (nSPS) is 6.33. The van der Waals surface area contributed by atoms with Gasteiger partial charge in [0, 0.05) is 37.3 Å². The number of carbonyl (C=O) groups excluding carboxylic acids is 1. The van der Waals surface area contributed by atoms with Crippen LogP contribution in [0.5, 0.6) is 0 Å². The van der Waals surface area contributed by atoms with E-state index < -0.39 is 12.5 Å². The topological polar surface area (TPSA) is 17.1 Å². The summed E-state index contributed by atoms with van der Waals surface area (Å²) in [6, 6.07) is 0. The van der Waals surface area contributed by atoms with Gasteiger partial charge in [0.2, 0.25) is 0 Å². The van der Waals surface area contributed by atoms with Crippen molar-refractivity contribution in [1.29, 1.82) is 0 Å². The first-order valence-electron chi connectivity index (χ1n) is 1.32. The molecule has 0 amide bonds. The van der Waals surface area contributed by atoms with Gasteiger partial charge >= 0.3 is 0 Å². The summed E-state index contributed by atoms with van der Waals surface area (Å²) in [4.78, 5) is 9.44. The second-order valence-corrected chi connectivity index (χ2v) is 0.836. The zero-order valence-electron chi connectivity index (χ0n) is 3.28. The third kappa shape index (κ3) is 8.85. The van der Waals surface area contributed by atoms with Crippen molar-refractivity contribution < 1.29 is 46.5 Å². The van der Waals surface area contributed by atoms with E-state index in [2.05, 4.69) is 0 Å². The number of hydrogen-bond acceptors (Lipinski definition) is 1. The largest absolute Gasteiger partial charge is 0.297 e. The average Bonchev–Trinajstić information content (AvgIpc) is 1.38. The first-order valence-corrected chi connectivity index (χ1v) is 1.32. The Kier molecular flexibility index (Phi) is 9.71. The van der Waals surface area contributed by atoms with Gasteiger partial charge < -0.3 is 0 Å². The van der Waals surface area contributed by atoms with E-state index in [-0.39, 0.29) is 37.3 Å². The molecule has 0 aliphatic heterocycles. The summed E-state index contributed by atoms with van der Waals surface area (Å²) in [5.41, 5.74) is 0. The number of ketones is 1. The van der Waals surface area contributed by atoms with Crippen LogP contribution in [0.1, 0.15) is 6.92 Å². The molecular weight excluding hydrogens is 238 g/mol. The molecule has 0 aromatic heterocycles. The van der Waals surface area contributed by atoms with Gasteiger partial charge in [-0.05, 0) is 6.92 Å². The summed E-state index contributed by atoms with van der Waals surface area (Å²) < 4.78 is 10.8. The molecule has 0 unspecified atom stereocenters. The molecule has 0 spiro atoms. The molecule has 6 heavy (non-hydrogen) atoms. The van der Waals surface area contributed by atoms with Crippen molar-refractivity contribution in [3.63, 3.8) is 0 Å². The number of carbonyl (C=O) groups is 1. The van der Waals surface area contributed by atoms with Crippen molar-refractivity contribution in [2.75, 3.05) is 6.67 Å². The van der Waals surface area contributed by atoms with E-state index in [1.54, 1.807) is 0 Å². The fourth-order valence-corrected chi connectivity index (χ4v) is 0. The Bertz CT molecular complexity index is 46.1. The van der Waals surface area contributed by atoms with E-state index in [0.717, 1.165) is 0 Å². The molecule has 3 heteroatoms. The molecule has 0 bridgehead atoms. The molecular formula is C3H5ErFO. The standard InChI is InChI=1S/C3H5FO.Er/c1-3(5)2-4;/h2H2,1H3;. The molecule has 0 N–H and O–H groups in total. The molecule has 0 aliphatic rings. The summed E-state index contributed by atoms with van der Waals surface area (Å²) in [5.74, 6) is -0.412. The van der Waals surface area contributed by atoms with Gasteiger partial charge in [-0.3, -0.25) is 4.79 Å². The minimum atomic E-state index is -0.833. The van der Waals surface area contributed by atoms with Crippen molar-refractivity contribution in [3.8, 4) is 0 Å². The molecule has 0 aromatic rings. The molecule has 0 saturated carbocycles. The Morgan fingerprint density at radius 3 is 2.00 bits per heavy atom. The van der Waals surface area contributed by atoms with Gasteiger partial charge in [0.25, 0.3) is 0 Å². The van der Waals surface area contributed by atoms with E-state index in [4.69, 9.17) is 0 Å². The van der Waals surface area contributed by atoms with Crippen LogP contribution >= 0.6 is 0 Å². The second kappa shape index (κ2) is 5.85. The smallest absolute Gasteiger partial charge is 0.160 e. The van der Waals surface area contributed by atoms with E-state index in [0.29, 0.717) is 0 Å². The van der Waals surface area contributed by atoms with Crippen LogP contribution in [0.4, 0.5) is 4.39 Å². The van der Waals surface area contributed by atoms with Crippen LogP contribution < -0.4 is 0 Å². The molecule has 0 rings (SSSR count). The summed E-state index contributed by atoms with van der Waals surface area (Å²) in [7, 11) is 0. The van der Waals surface area contributed by atoms with E-state index in [1.165, 1.54) is 6.92 Å². The quantitative estimate of drug-likeness (QED) is 0.657. The maximum atomic E-state index is 10.8. The number of alkyl halides is 1. The Morgan fingerprint density at radius 1 is 1.83 bits per heavy atom. The molecule has 42 valence electrons.